The van der Waals surface area contributed by atoms with Gasteiger partial charge in [-0.2, -0.15) is 0 Å². The Morgan fingerprint density at radius 3 is 2.75 bits per heavy atom. The van der Waals surface area contributed by atoms with Gasteiger partial charge in [0.2, 0.25) is 0 Å². The van der Waals surface area contributed by atoms with Gasteiger partial charge in [0.05, 0.1) is 6.04 Å². The van der Waals surface area contributed by atoms with Crippen molar-refractivity contribution in [2.24, 2.45) is 16.1 Å². The Bertz CT molecular complexity index is 421. The van der Waals surface area contributed by atoms with Crippen molar-refractivity contribution in [2.45, 2.75) is 33.2 Å². The van der Waals surface area contributed by atoms with Crippen LogP contribution in [0.2, 0.25) is 0 Å². The number of hydrogen-bond donors (Lipinski definition) is 2. The van der Waals surface area contributed by atoms with E-state index in [0.717, 1.165) is 12.1 Å². The molecule has 16 heavy (non-hydrogen) atoms. The molecule has 3 nitrogen and oxygen atoms in total. The second kappa shape index (κ2) is 3.81. The molecular formula is C13H19N3. The van der Waals surface area contributed by atoms with E-state index in [1.165, 1.54) is 5.56 Å². The molecule has 1 atom stereocenters. The van der Waals surface area contributed by atoms with Crippen LogP contribution in [0.5, 0.6) is 0 Å². The maximum Gasteiger partial charge on any atom is 0.193 e. The molecule has 0 spiro atoms. The zero-order chi connectivity index (χ0) is 11.8. The molecule has 1 aliphatic carbocycles. The first kappa shape index (κ1) is 11.0. The minimum atomic E-state index is 0.332. The van der Waals surface area contributed by atoms with E-state index in [9.17, 15) is 0 Å². The van der Waals surface area contributed by atoms with E-state index in [0.29, 0.717) is 17.4 Å². The normalized spacial score (nSPS) is 22.9. The average Bonchev–Trinajstić information content (AvgIpc) is 2.72. The summed E-state index contributed by atoms with van der Waals surface area (Å²) in [5.74, 6) is 0.515. The van der Waals surface area contributed by atoms with Gasteiger partial charge in [-0.05, 0) is 36.5 Å². The molecule has 0 aromatic heterocycles. The SMILES string of the molecule is Cc1cccc(NC(N)=N[C@H]2CC2(C)C)c1. The third kappa shape index (κ3) is 2.54. The molecular weight excluding hydrogens is 198 g/mol. The van der Waals surface area contributed by atoms with Crippen LogP contribution in [0, 0.1) is 12.3 Å². The zero-order valence-corrected chi connectivity index (χ0v) is 10.1. The molecule has 0 unspecified atom stereocenters. The summed E-state index contributed by atoms with van der Waals surface area (Å²) < 4.78 is 0. The first-order chi connectivity index (χ1) is 7.47. The summed E-state index contributed by atoms with van der Waals surface area (Å²) in [6, 6.07) is 8.49. The molecule has 1 aromatic rings. The summed E-state index contributed by atoms with van der Waals surface area (Å²) in [7, 11) is 0. The molecule has 0 amide bonds. The Hall–Kier alpha value is -1.51. The first-order valence-electron chi connectivity index (χ1n) is 5.64. The fourth-order valence-corrected chi connectivity index (χ4v) is 1.73. The highest BCUT2D eigenvalue weighted by Gasteiger charge is 2.45. The van der Waals surface area contributed by atoms with Crippen LogP contribution in [0.25, 0.3) is 0 Å². The number of aryl methyl sites for hydroxylation is 1. The maximum absolute atomic E-state index is 5.86. The molecule has 2 rings (SSSR count). The van der Waals surface area contributed by atoms with Crippen molar-refractivity contribution >= 4 is 11.6 Å². The van der Waals surface area contributed by atoms with Gasteiger partial charge in [0, 0.05) is 5.69 Å². The smallest absolute Gasteiger partial charge is 0.193 e. The predicted octanol–water partition coefficient (Wildman–Crippen LogP) is 2.52. The fourth-order valence-electron chi connectivity index (χ4n) is 1.73. The van der Waals surface area contributed by atoms with Crippen LogP contribution < -0.4 is 11.1 Å². The molecule has 1 aliphatic rings. The van der Waals surface area contributed by atoms with Crippen LogP contribution in [0.1, 0.15) is 25.8 Å². The zero-order valence-electron chi connectivity index (χ0n) is 10.1. The van der Waals surface area contributed by atoms with Crippen molar-refractivity contribution in [1.82, 2.24) is 0 Å². The van der Waals surface area contributed by atoms with Gasteiger partial charge in [-0.15, -0.1) is 0 Å². The third-order valence-corrected chi connectivity index (χ3v) is 3.05. The number of nitrogens with one attached hydrogen (secondary N) is 1. The van der Waals surface area contributed by atoms with Crippen LogP contribution in [0.15, 0.2) is 29.3 Å². The monoisotopic (exact) mass is 217 g/mol. The van der Waals surface area contributed by atoms with E-state index < -0.39 is 0 Å². The summed E-state index contributed by atoms with van der Waals surface area (Å²) in [4.78, 5) is 4.45. The molecule has 0 heterocycles. The number of anilines is 1. The van der Waals surface area contributed by atoms with E-state index in [2.05, 4.69) is 43.2 Å². The van der Waals surface area contributed by atoms with Gasteiger partial charge in [-0.3, -0.25) is 0 Å². The molecule has 86 valence electrons. The van der Waals surface area contributed by atoms with Crippen LogP contribution in [-0.2, 0) is 0 Å². The second-order valence-electron chi connectivity index (χ2n) is 5.22. The summed E-state index contributed by atoms with van der Waals surface area (Å²) in [6.45, 7) is 6.48. The lowest BCUT2D eigenvalue weighted by Crippen LogP contribution is -2.23. The Morgan fingerprint density at radius 1 is 1.50 bits per heavy atom. The minimum Gasteiger partial charge on any atom is -0.370 e. The van der Waals surface area contributed by atoms with Gasteiger partial charge < -0.3 is 11.1 Å². The van der Waals surface area contributed by atoms with E-state index in [-0.39, 0.29) is 0 Å². The molecule has 0 radical (unpaired) electrons. The van der Waals surface area contributed by atoms with E-state index in [1.807, 2.05) is 12.1 Å². The van der Waals surface area contributed by atoms with E-state index in [1.54, 1.807) is 0 Å². The van der Waals surface area contributed by atoms with Crippen LogP contribution in [-0.4, -0.2) is 12.0 Å². The Balaban J connectivity index is 2.00. The van der Waals surface area contributed by atoms with Crippen molar-refractivity contribution in [3.63, 3.8) is 0 Å². The topological polar surface area (TPSA) is 50.4 Å². The number of benzene rings is 1. The molecule has 0 aliphatic heterocycles. The summed E-state index contributed by atoms with van der Waals surface area (Å²) in [5.41, 5.74) is 8.40. The molecule has 3 N–H and O–H groups in total. The standard InChI is InChI=1S/C13H19N3/c1-9-5-4-6-10(7-9)15-12(14)16-11-8-13(11,2)3/h4-7,11H,8H2,1-3H3,(H3,14,15,16)/t11-/m0/s1. The molecule has 1 aromatic carbocycles. The lowest BCUT2D eigenvalue weighted by molar-refractivity contribution is 0.618. The van der Waals surface area contributed by atoms with E-state index in [4.69, 9.17) is 5.73 Å². The van der Waals surface area contributed by atoms with Gasteiger partial charge in [0.25, 0.3) is 0 Å². The predicted molar refractivity (Wildman–Crippen MR) is 68.6 cm³/mol. The largest absolute Gasteiger partial charge is 0.370 e. The van der Waals surface area contributed by atoms with Gasteiger partial charge >= 0.3 is 0 Å². The number of nitrogens with two attached hydrogens (primary N) is 1. The molecule has 0 bridgehead atoms. The number of rotatable bonds is 2. The fraction of sp³-hybridized carbons (Fsp3) is 0.462. The van der Waals surface area contributed by atoms with Crippen molar-refractivity contribution in [3.8, 4) is 0 Å². The summed E-state index contributed by atoms with van der Waals surface area (Å²) in [6.07, 6.45) is 1.13. The Morgan fingerprint density at radius 2 is 2.19 bits per heavy atom. The molecule has 1 fully saturated rings. The summed E-state index contributed by atoms with van der Waals surface area (Å²) >= 11 is 0. The van der Waals surface area contributed by atoms with Crippen molar-refractivity contribution < 1.29 is 0 Å². The van der Waals surface area contributed by atoms with Crippen molar-refractivity contribution in [2.75, 3.05) is 5.32 Å². The van der Waals surface area contributed by atoms with E-state index >= 15 is 0 Å². The van der Waals surface area contributed by atoms with Gasteiger partial charge in [0.15, 0.2) is 5.96 Å². The highest BCUT2D eigenvalue weighted by atomic mass is 15.1. The first-order valence-corrected chi connectivity index (χ1v) is 5.64. The van der Waals surface area contributed by atoms with Gasteiger partial charge in [0.1, 0.15) is 0 Å². The average molecular weight is 217 g/mol. The van der Waals surface area contributed by atoms with Crippen LogP contribution >= 0.6 is 0 Å². The minimum absolute atomic E-state index is 0.332. The maximum atomic E-state index is 5.86. The quantitative estimate of drug-likeness (QED) is 0.590. The third-order valence-electron chi connectivity index (χ3n) is 3.05. The van der Waals surface area contributed by atoms with Crippen molar-refractivity contribution in [1.29, 1.82) is 0 Å². The van der Waals surface area contributed by atoms with Crippen molar-refractivity contribution in [3.05, 3.63) is 29.8 Å². The van der Waals surface area contributed by atoms with Crippen LogP contribution in [0.3, 0.4) is 0 Å². The molecule has 3 heteroatoms. The van der Waals surface area contributed by atoms with Gasteiger partial charge in [-0.25, -0.2) is 4.99 Å². The second-order valence-corrected chi connectivity index (χ2v) is 5.22. The highest BCUT2D eigenvalue weighted by molar-refractivity contribution is 5.92. The summed E-state index contributed by atoms with van der Waals surface area (Å²) in [5, 5.41) is 3.12. The lowest BCUT2D eigenvalue weighted by Gasteiger charge is -2.06. The number of nitrogens with zero attached hydrogens (tertiary/aromatic N) is 1. The molecule has 0 saturated heterocycles. The Labute approximate surface area is 96.8 Å². The number of guanidine groups is 1. The lowest BCUT2D eigenvalue weighted by atomic mass is 10.2. The number of hydrogen-bond acceptors (Lipinski definition) is 1. The molecule has 1 saturated carbocycles. The highest BCUT2D eigenvalue weighted by Crippen LogP contribution is 2.47. The Kier molecular flexibility index (Phi) is 2.62. The van der Waals surface area contributed by atoms with Gasteiger partial charge in [-0.1, -0.05) is 26.0 Å². The van der Waals surface area contributed by atoms with Crippen LogP contribution in [0.4, 0.5) is 5.69 Å². The number of aliphatic imine (C=N–C) groups is 1.